The number of hydrogen-bond acceptors (Lipinski definition) is 2. The second kappa shape index (κ2) is 10.8. The SMILES string of the molecule is CC[Si](CC)(CC)OC(CC=O)CCC#CCBr. The average molecular weight is 333 g/mol. The first-order valence-electron chi connectivity index (χ1n) is 6.81. The molecule has 0 aromatic rings. The predicted molar refractivity (Wildman–Crippen MR) is 83.6 cm³/mol. The summed E-state index contributed by atoms with van der Waals surface area (Å²) in [7, 11) is -1.60. The Morgan fingerprint density at radius 2 is 1.83 bits per heavy atom. The molecule has 0 radical (unpaired) electrons. The molecule has 1 unspecified atom stereocenters. The van der Waals surface area contributed by atoms with E-state index in [1.54, 1.807) is 0 Å². The molecule has 0 spiro atoms. The normalized spacial score (nSPS) is 12.7. The fraction of sp³-hybridized carbons (Fsp3) is 0.786. The molecule has 0 bridgehead atoms. The van der Waals surface area contributed by atoms with E-state index in [0.29, 0.717) is 11.8 Å². The van der Waals surface area contributed by atoms with E-state index in [9.17, 15) is 4.79 Å². The van der Waals surface area contributed by atoms with Gasteiger partial charge in [-0.25, -0.2) is 0 Å². The van der Waals surface area contributed by atoms with Crippen LogP contribution in [0.15, 0.2) is 0 Å². The van der Waals surface area contributed by atoms with Gasteiger partial charge in [0.2, 0.25) is 0 Å². The Morgan fingerprint density at radius 3 is 2.28 bits per heavy atom. The highest BCUT2D eigenvalue weighted by atomic mass is 79.9. The van der Waals surface area contributed by atoms with Crippen LogP contribution in [0, 0.1) is 11.8 Å². The van der Waals surface area contributed by atoms with Crippen LogP contribution >= 0.6 is 15.9 Å². The number of carbonyl (C=O) groups is 1. The van der Waals surface area contributed by atoms with Crippen LogP contribution in [-0.4, -0.2) is 26.0 Å². The third-order valence-corrected chi connectivity index (χ3v) is 8.47. The highest BCUT2D eigenvalue weighted by Gasteiger charge is 2.31. The van der Waals surface area contributed by atoms with E-state index < -0.39 is 8.32 Å². The quantitative estimate of drug-likeness (QED) is 0.274. The first-order valence-corrected chi connectivity index (χ1v) is 10.5. The Balaban J connectivity index is 4.44. The molecule has 104 valence electrons. The molecule has 0 aromatic heterocycles. The molecule has 0 aromatic carbocycles. The molecule has 0 aliphatic rings. The minimum Gasteiger partial charge on any atom is -0.413 e. The number of hydrogen-bond donors (Lipinski definition) is 0. The largest absolute Gasteiger partial charge is 0.413 e. The molecule has 0 aliphatic heterocycles. The summed E-state index contributed by atoms with van der Waals surface area (Å²) in [6.07, 6.45) is 3.23. The molecular formula is C14H25BrO2Si. The van der Waals surface area contributed by atoms with Crippen molar-refractivity contribution in [2.75, 3.05) is 5.33 Å². The van der Waals surface area contributed by atoms with Crippen molar-refractivity contribution in [1.29, 1.82) is 0 Å². The van der Waals surface area contributed by atoms with Crippen LogP contribution < -0.4 is 0 Å². The molecule has 0 N–H and O–H groups in total. The van der Waals surface area contributed by atoms with Gasteiger partial charge in [-0.05, 0) is 24.6 Å². The second-order valence-electron chi connectivity index (χ2n) is 4.41. The number of carbonyl (C=O) groups excluding carboxylic acids is 1. The van der Waals surface area contributed by atoms with Crippen LogP contribution in [0.3, 0.4) is 0 Å². The monoisotopic (exact) mass is 332 g/mol. The van der Waals surface area contributed by atoms with E-state index in [0.717, 1.165) is 37.3 Å². The minimum absolute atomic E-state index is 0.0682. The van der Waals surface area contributed by atoms with Gasteiger partial charge < -0.3 is 9.22 Å². The van der Waals surface area contributed by atoms with Crippen LogP contribution in [0.5, 0.6) is 0 Å². The van der Waals surface area contributed by atoms with Crippen LogP contribution in [0.4, 0.5) is 0 Å². The van der Waals surface area contributed by atoms with Crippen molar-refractivity contribution < 1.29 is 9.22 Å². The lowest BCUT2D eigenvalue weighted by atomic mass is 10.1. The van der Waals surface area contributed by atoms with Crippen LogP contribution in [0.1, 0.15) is 40.0 Å². The van der Waals surface area contributed by atoms with Gasteiger partial charge >= 0.3 is 0 Å². The zero-order valence-electron chi connectivity index (χ0n) is 11.8. The van der Waals surface area contributed by atoms with Gasteiger partial charge in [-0.2, -0.15) is 0 Å². The summed E-state index contributed by atoms with van der Waals surface area (Å²) in [5, 5.41) is 0.712. The van der Waals surface area contributed by atoms with Gasteiger partial charge in [-0.15, -0.1) is 5.92 Å². The smallest absolute Gasteiger partial charge is 0.192 e. The van der Waals surface area contributed by atoms with Crippen LogP contribution in [-0.2, 0) is 9.22 Å². The highest BCUT2D eigenvalue weighted by Crippen LogP contribution is 2.25. The van der Waals surface area contributed by atoms with Crippen molar-refractivity contribution in [1.82, 2.24) is 0 Å². The molecule has 0 saturated carbocycles. The van der Waals surface area contributed by atoms with Gasteiger partial charge in [0.25, 0.3) is 0 Å². The van der Waals surface area contributed by atoms with E-state index in [-0.39, 0.29) is 6.10 Å². The summed E-state index contributed by atoms with van der Waals surface area (Å²) in [5.74, 6) is 6.07. The van der Waals surface area contributed by atoms with E-state index in [1.165, 1.54) is 0 Å². The summed E-state index contributed by atoms with van der Waals surface area (Å²) in [5.41, 5.74) is 0. The van der Waals surface area contributed by atoms with Crippen LogP contribution in [0.25, 0.3) is 0 Å². The summed E-state index contributed by atoms with van der Waals surface area (Å²) < 4.78 is 6.33. The number of halogens is 1. The van der Waals surface area contributed by atoms with Crippen LogP contribution in [0.2, 0.25) is 18.1 Å². The molecule has 0 saturated heterocycles. The molecular weight excluding hydrogens is 308 g/mol. The second-order valence-corrected chi connectivity index (χ2v) is 9.70. The Bertz CT molecular complexity index is 271. The number of alkyl halides is 1. The standard InChI is InChI=1S/C14H25BrO2Si/c1-4-18(5-2,6-3)17-14(11-13-16)10-8-7-9-12-15/h13-14H,4-6,8,10-12H2,1-3H3. The van der Waals surface area contributed by atoms with Crippen molar-refractivity contribution in [3.05, 3.63) is 0 Å². The van der Waals surface area contributed by atoms with Crippen molar-refractivity contribution in [2.45, 2.75) is 64.3 Å². The third-order valence-electron chi connectivity index (χ3n) is 3.49. The van der Waals surface area contributed by atoms with Gasteiger partial charge in [0.15, 0.2) is 8.32 Å². The van der Waals surface area contributed by atoms with Gasteiger partial charge in [-0.3, -0.25) is 0 Å². The summed E-state index contributed by atoms with van der Waals surface area (Å²) in [4.78, 5) is 10.7. The van der Waals surface area contributed by atoms with E-state index in [2.05, 4.69) is 48.5 Å². The molecule has 0 amide bonds. The predicted octanol–water partition coefficient (Wildman–Crippen LogP) is 4.14. The van der Waals surface area contributed by atoms with Gasteiger partial charge in [-0.1, -0.05) is 42.6 Å². The zero-order chi connectivity index (χ0) is 13.9. The summed E-state index contributed by atoms with van der Waals surface area (Å²) in [6.45, 7) is 6.63. The topological polar surface area (TPSA) is 26.3 Å². The van der Waals surface area contributed by atoms with E-state index >= 15 is 0 Å². The number of aldehydes is 1. The van der Waals surface area contributed by atoms with Crippen molar-refractivity contribution in [3.8, 4) is 11.8 Å². The fourth-order valence-corrected chi connectivity index (χ4v) is 5.17. The summed E-state index contributed by atoms with van der Waals surface area (Å²) in [6, 6.07) is 3.38. The molecule has 2 nitrogen and oxygen atoms in total. The Labute approximate surface area is 121 Å². The molecule has 0 rings (SSSR count). The molecule has 0 heterocycles. The average Bonchev–Trinajstić information content (AvgIpc) is 2.41. The van der Waals surface area contributed by atoms with Gasteiger partial charge in [0.05, 0.1) is 11.4 Å². The van der Waals surface area contributed by atoms with E-state index in [4.69, 9.17) is 4.43 Å². The lowest BCUT2D eigenvalue weighted by molar-refractivity contribution is -0.109. The zero-order valence-corrected chi connectivity index (χ0v) is 14.4. The molecule has 4 heteroatoms. The molecule has 18 heavy (non-hydrogen) atoms. The Morgan fingerprint density at radius 1 is 1.22 bits per heavy atom. The lowest BCUT2D eigenvalue weighted by Gasteiger charge is -2.32. The Kier molecular flexibility index (Phi) is 10.7. The maximum Gasteiger partial charge on any atom is 0.192 e. The molecule has 0 fully saturated rings. The van der Waals surface area contributed by atoms with Crippen molar-refractivity contribution in [2.24, 2.45) is 0 Å². The van der Waals surface area contributed by atoms with Gasteiger partial charge in [0.1, 0.15) is 6.29 Å². The van der Waals surface area contributed by atoms with E-state index in [1.807, 2.05) is 0 Å². The number of rotatable bonds is 9. The maximum absolute atomic E-state index is 10.7. The first kappa shape index (κ1) is 17.9. The van der Waals surface area contributed by atoms with Crippen molar-refractivity contribution >= 4 is 30.5 Å². The highest BCUT2D eigenvalue weighted by molar-refractivity contribution is 9.09. The molecule has 1 atom stereocenters. The van der Waals surface area contributed by atoms with Crippen molar-refractivity contribution in [3.63, 3.8) is 0 Å². The Hall–Kier alpha value is -0.113. The van der Waals surface area contributed by atoms with Gasteiger partial charge in [0, 0.05) is 12.8 Å². The fourth-order valence-electron chi connectivity index (χ4n) is 2.05. The first-order chi connectivity index (χ1) is 8.67. The summed E-state index contributed by atoms with van der Waals surface area (Å²) >= 11 is 3.28. The maximum atomic E-state index is 10.7. The lowest BCUT2D eigenvalue weighted by Crippen LogP contribution is -2.40. The minimum atomic E-state index is -1.60. The third kappa shape index (κ3) is 6.72. The molecule has 0 aliphatic carbocycles.